The normalized spacial score (nSPS) is 25.0. The highest BCUT2D eigenvalue weighted by molar-refractivity contribution is 5.59. The Labute approximate surface area is 209 Å². The molecule has 1 saturated heterocycles. The fourth-order valence-electron chi connectivity index (χ4n) is 4.63. The van der Waals surface area contributed by atoms with E-state index in [2.05, 4.69) is 21.9 Å². The van der Waals surface area contributed by atoms with Gasteiger partial charge in [-0.05, 0) is 49.1 Å². The first-order valence-corrected chi connectivity index (χ1v) is 11.5. The second-order valence-electron chi connectivity index (χ2n) is 9.27. The summed E-state index contributed by atoms with van der Waals surface area (Å²) in [5.41, 5.74) is -1.06. The van der Waals surface area contributed by atoms with Gasteiger partial charge in [0.2, 0.25) is 0 Å². The lowest BCUT2D eigenvalue weighted by Gasteiger charge is -2.47. The van der Waals surface area contributed by atoms with Gasteiger partial charge in [0.25, 0.3) is 0 Å². The predicted octanol–water partition coefficient (Wildman–Crippen LogP) is 5.15. The average molecular weight is 525 g/mol. The van der Waals surface area contributed by atoms with Gasteiger partial charge in [-0.2, -0.15) is 36.7 Å². The first kappa shape index (κ1) is 26.8. The zero-order chi connectivity index (χ0) is 26.9. The maximum absolute atomic E-state index is 13.3. The molecule has 0 aliphatic carbocycles. The number of piperidine rings is 1. The van der Waals surface area contributed by atoms with Gasteiger partial charge < -0.3 is 15.0 Å². The smallest absolute Gasteiger partial charge is 0.372 e. The van der Waals surface area contributed by atoms with E-state index in [0.29, 0.717) is 31.6 Å². The number of alkyl halides is 6. The van der Waals surface area contributed by atoms with Gasteiger partial charge >= 0.3 is 12.4 Å². The Hall–Kier alpha value is -3.30. The molecule has 0 spiro atoms. The van der Waals surface area contributed by atoms with E-state index in [4.69, 9.17) is 4.74 Å². The van der Waals surface area contributed by atoms with Crippen LogP contribution in [0.4, 0.5) is 26.3 Å². The maximum atomic E-state index is 13.3. The summed E-state index contributed by atoms with van der Waals surface area (Å²) in [6.07, 6.45) is -8.54. The minimum atomic E-state index is -4.94. The van der Waals surface area contributed by atoms with E-state index in [9.17, 15) is 31.6 Å². The Morgan fingerprint density at radius 2 is 1.70 bits per heavy atom. The van der Waals surface area contributed by atoms with Crippen LogP contribution in [0.3, 0.4) is 0 Å². The second kappa shape index (κ2) is 9.87. The molecule has 6 nitrogen and oxygen atoms in total. The molecular weight excluding hydrogens is 500 g/mol. The molecule has 4 rings (SSSR count). The quantitative estimate of drug-likeness (QED) is 0.511. The number of nitriles is 1. The Morgan fingerprint density at radius 1 is 1.05 bits per heavy atom. The molecule has 3 atom stereocenters. The molecule has 0 unspecified atom stereocenters. The van der Waals surface area contributed by atoms with Crippen molar-refractivity contribution in [2.75, 3.05) is 19.8 Å². The first-order valence-electron chi connectivity index (χ1n) is 11.5. The molecule has 2 aliphatic heterocycles. The molecule has 2 aliphatic rings. The van der Waals surface area contributed by atoms with Crippen molar-refractivity contribution in [1.29, 1.82) is 5.26 Å². The van der Waals surface area contributed by atoms with Crippen LogP contribution in [0, 0.1) is 11.3 Å². The van der Waals surface area contributed by atoms with Gasteiger partial charge in [-0.1, -0.05) is 30.3 Å². The number of nitrogens with zero attached hydrogens (tertiary/aromatic N) is 3. The molecule has 2 aromatic carbocycles. The number of hydrogen-bond donors (Lipinski definition) is 2. The molecule has 198 valence electrons. The molecule has 0 amide bonds. The molecule has 1 fully saturated rings. The number of hydrazone groups is 1. The van der Waals surface area contributed by atoms with Crippen LogP contribution in [0.15, 0.2) is 53.6 Å². The maximum Gasteiger partial charge on any atom is 0.416 e. The second-order valence-corrected chi connectivity index (χ2v) is 9.27. The molecule has 0 bridgehead atoms. The van der Waals surface area contributed by atoms with E-state index in [1.165, 1.54) is 6.92 Å². The molecule has 37 heavy (non-hydrogen) atoms. The summed E-state index contributed by atoms with van der Waals surface area (Å²) in [5, 5.41) is 17.3. The monoisotopic (exact) mass is 525 g/mol. The third-order valence-electron chi connectivity index (χ3n) is 6.96. The van der Waals surface area contributed by atoms with Gasteiger partial charge in [0.05, 0.1) is 35.4 Å². The third-order valence-corrected chi connectivity index (χ3v) is 6.96. The highest BCUT2D eigenvalue weighted by atomic mass is 19.4. The van der Waals surface area contributed by atoms with Crippen molar-refractivity contribution < 1.29 is 31.1 Å². The number of halogens is 6. The minimum Gasteiger partial charge on any atom is -0.372 e. The fourth-order valence-corrected chi connectivity index (χ4v) is 4.63. The van der Waals surface area contributed by atoms with E-state index in [1.807, 2.05) is 30.3 Å². The van der Waals surface area contributed by atoms with Crippen molar-refractivity contribution >= 4 is 6.34 Å². The van der Waals surface area contributed by atoms with E-state index in [-0.39, 0.29) is 24.8 Å². The standard InChI is InChI=1S/C25H25F6N5O/c1-17(18-9-20(24(26,27)28)11-21(10-18)25(29,30)31)37-14-23(19-5-3-2-4-6-19)8-7-22(12-32,13-33-23)36-15-34-35-16-36/h2-6,9-11,15,17,33,35H,7-8,13-14,16H2,1H3/t17-,22+,23-/m1/s1. The highest BCUT2D eigenvalue weighted by Gasteiger charge is 2.47. The molecule has 0 radical (unpaired) electrons. The molecule has 2 N–H and O–H groups in total. The summed E-state index contributed by atoms with van der Waals surface area (Å²) in [4.78, 5) is 1.79. The van der Waals surface area contributed by atoms with Crippen LogP contribution >= 0.6 is 0 Å². The van der Waals surface area contributed by atoms with Crippen molar-refractivity contribution in [2.45, 2.75) is 49.3 Å². The third kappa shape index (κ3) is 5.52. The van der Waals surface area contributed by atoms with Crippen LogP contribution in [-0.4, -0.2) is 36.6 Å². The van der Waals surface area contributed by atoms with Crippen molar-refractivity contribution in [3.8, 4) is 6.07 Å². The van der Waals surface area contributed by atoms with E-state index < -0.39 is 40.7 Å². The first-order chi connectivity index (χ1) is 17.4. The topological polar surface area (TPSA) is 72.7 Å². The molecule has 2 aromatic rings. The summed E-state index contributed by atoms with van der Waals surface area (Å²) >= 11 is 0. The van der Waals surface area contributed by atoms with E-state index >= 15 is 0 Å². The number of nitrogens with one attached hydrogen (secondary N) is 2. The fraction of sp³-hybridized carbons (Fsp3) is 0.440. The molecule has 2 heterocycles. The Bertz CT molecular complexity index is 1130. The lowest BCUT2D eigenvalue weighted by molar-refractivity contribution is -0.143. The number of ether oxygens (including phenoxy) is 1. The van der Waals surface area contributed by atoms with E-state index in [1.54, 1.807) is 11.2 Å². The lowest BCUT2D eigenvalue weighted by atomic mass is 9.76. The lowest BCUT2D eigenvalue weighted by Crippen LogP contribution is -2.63. The summed E-state index contributed by atoms with van der Waals surface area (Å²) < 4.78 is 85.9. The molecule has 0 saturated carbocycles. The van der Waals surface area contributed by atoms with Gasteiger partial charge in [0.1, 0.15) is 18.5 Å². The molecule has 12 heteroatoms. The minimum absolute atomic E-state index is 0.0381. The summed E-state index contributed by atoms with van der Waals surface area (Å²) in [7, 11) is 0. The Kier molecular flexibility index (Phi) is 7.14. The summed E-state index contributed by atoms with van der Waals surface area (Å²) in [6.45, 7) is 2.00. The highest BCUT2D eigenvalue weighted by Crippen LogP contribution is 2.40. The largest absolute Gasteiger partial charge is 0.416 e. The van der Waals surface area contributed by atoms with Crippen molar-refractivity contribution in [3.63, 3.8) is 0 Å². The van der Waals surface area contributed by atoms with Crippen LogP contribution < -0.4 is 10.7 Å². The van der Waals surface area contributed by atoms with Crippen molar-refractivity contribution in [2.24, 2.45) is 5.10 Å². The van der Waals surface area contributed by atoms with Crippen LogP contribution in [0.1, 0.15) is 48.1 Å². The zero-order valence-electron chi connectivity index (χ0n) is 19.8. The van der Waals surface area contributed by atoms with Gasteiger partial charge in [0, 0.05) is 6.54 Å². The van der Waals surface area contributed by atoms with Crippen LogP contribution in [0.2, 0.25) is 0 Å². The number of benzene rings is 2. The molecular formula is C25H25F6N5O. The average Bonchev–Trinajstić information content (AvgIpc) is 3.43. The van der Waals surface area contributed by atoms with Gasteiger partial charge in [-0.3, -0.25) is 5.43 Å². The Morgan fingerprint density at radius 3 is 2.19 bits per heavy atom. The van der Waals surface area contributed by atoms with Gasteiger partial charge in [-0.15, -0.1) is 0 Å². The van der Waals surface area contributed by atoms with Crippen molar-refractivity contribution in [1.82, 2.24) is 15.6 Å². The van der Waals surface area contributed by atoms with Gasteiger partial charge in [-0.25, -0.2) is 0 Å². The van der Waals surface area contributed by atoms with E-state index in [0.717, 1.165) is 5.56 Å². The predicted molar refractivity (Wildman–Crippen MR) is 123 cm³/mol. The van der Waals surface area contributed by atoms with Gasteiger partial charge in [0.15, 0.2) is 0 Å². The number of hydrogen-bond acceptors (Lipinski definition) is 6. The number of rotatable bonds is 6. The Balaban J connectivity index is 1.59. The van der Waals surface area contributed by atoms with Crippen LogP contribution in [0.25, 0.3) is 0 Å². The van der Waals surface area contributed by atoms with Crippen LogP contribution in [-0.2, 0) is 22.6 Å². The summed E-state index contributed by atoms with van der Waals surface area (Å²) in [5.74, 6) is 0. The SMILES string of the molecule is C[C@@H](OC[C@@]1(c2ccccc2)CC[C@@](C#N)(N2C=NNC2)CN1)c1cc(C(F)(F)F)cc(C(F)(F)F)c1. The molecule has 0 aromatic heterocycles. The summed E-state index contributed by atoms with van der Waals surface area (Å²) in [6, 6.07) is 13.0. The van der Waals surface area contributed by atoms with Crippen LogP contribution in [0.5, 0.6) is 0 Å². The zero-order valence-corrected chi connectivity index (χ0v) is 19.8. The van der Waals surface area contributed by atoms with Crippen molar-refractivity contribution in [3.05, 3.63) is 70.8 Å².